The summed E-state index contributed by atoms with van der Waals surface area (Å²) in [6, 6.07) is 12.2. The number of rotatable bonds is 9. The van der Waals surface area contributed by atoms with E-state index in [1.54, 1.807) is 30.5 Å². The second kappa shape index (κ2) is 9.85. The number of nitrogens with two attached hydrogens (primary N) is 2. The Morgan fingerprint density at radius 1 is 1.19 bits per heavy atom. The van der Waals surface area contributed by atoms with Crippen molar-refractivity contribution >= 4 is 22.5 Å². The van der Waals surface area contributed by atoms with Crippen LogP contribution < -0.4 is 21.8 Å². The van der Waals surface area contributed by atoms with Gasteiger partial charge < -0.3 is 16.2 Å². The van der Waals surface area contributed by atoms with Crippen LogP contribution in [-0.2, 0) is 4.79 Å². The minimum absolute atomic E-state index is 0.0603. The number of halogens is 1. The molecule has 1 aliphatic carbocycles. The quantitative estimate of drug-likeness (QED) is 0.262. The Bertz CT molecular complexity index is 1590. The van der Waals surface area contributed by atoms with E-state index in [-0.39, 0.29) is 23.6 Å². The number of benzene rings is 2. The number of nitrogen functional groups attached to an aromatic ring is 1. The third-order valence-corrected chi connectivity index (χ3v) is 6.47. The molecule has 2 heterocycles. The Balaban J connectivity index is 1.46. The molecule has 1 fully saturated rings. The van der Waals surface area contributed by atoms with Gasteiger partial charge in [0.1, 0.15) is 17.8 Å². The summed E-state index contributed by atoms with van der Waals surface area (Å²) in [7, 11) is 0. The van der Waals surface area contributed by atoms with Crippen LogP contribution in [0.25, 0.3) is 27.7 Å². The summed E-state index contributed by atoms with van der Waals surface area (Å²) >= 11 is 0. The van der Waals surface area contributed by atoms with Gasteiger partial charge >= 0.3 is 0 Å². The normalized spacial score (nSPS) is 13.0. The van der Waals surface area contributed by atoms with Crippen molar-refractivity contribution in [2.45, 2.75) is 31.6 Å². The molecule has 188 valence electrons. The van der Waals surface area contributed by atoms with Crippen molar-refractivity contribution in [3.63, 3.8) is 0 Å². The van der Waals surface area contributed by atoms with E-state index in [2.05, 4.69) is 16.5 Å². The average molecular weight is 500 g/mol. The second-order valence-corrected chi connectivity index (χ2v) is 9.14. The van der Waals surface area contributed by atoms with Crippen molar-refractivity contribution in [3.05, 3.63) is 88.9 Å². The molecule has 2 aromatic heterocycles. The van der Waals surface area contributed by atoms with Gasteiger partial charge in [-0.05, 0) is 66.8 Å². The smallest absolute Gasteiger partial charge is 0.265 e. The van der Waals surface area contributed by atoms with E-state index < -0.39 is 17.3 Å². The van der Waals surface area contributed by atoms with Gasteiger partial charge in [-0.25, -0.2) is 14.4 Å². The van der Waals surface area contributed by atoms with Gasteiger partial charge in [0.25, 0.3) is 5.56 Å². The summed E-state index contributed by atoms with van der Waals surface area (Å²) in [4.78, 5) is 32.8. The topological polar surface area (TPSA) is 126 Å². The van der Waals surface area contributed by atoms with Gasteiger partial charge in [0, 0.05) is 23.0 Å². The van der Waals surface area contributed by atoms with E-state index in [9.17, 15) is 14.0 Å². The van der Waals surface area contributed by atoms with Gasteiger partial charge in [-0.3, -0.25) is 14.2 Å². The zero-order valence-electron chi connectivity index (χ0n) is 20.1. The highest BCUT2D eigenvalue weighted by Gasteiger charge is 2.25. The van der Waals surface area contributed by atoms with Crippen LogP contribution in [-0.4, -0.2) is 27.0 Å². The monoisotopic (exact) mass is 499 g/mol. The molecule has 0 saturated heterocycles. The molecule has 1 saturated carbocycles. The van der Waals surface area contributed by atoms with E-state index in [4.69, 9.17) is 16.2 Å². The molecule has 9 heteroatoms. The van der Waals surface area contributed by atoms with Crippen LogP contribution in [0.1, 0.15) is 37.2 Å². The lowest BCUT2D eigenvalue weighted by Gasteiger charge is -2.14. The molecule has 0 radical (unpaired) electrons. The number of hydrogen-bond acceptors (Lipinski definition) is 6. The number of amides is 1. The van der Waals surface area contributed by atoms with Crippen molar-refractivity contribution in [2.75, 3.05) is 12.3 Å². The Hall–Kier alpha value is -4.53. The first-order valence-corrected chi connectivity index (χ1v) is 12.0. The molecule has 0 unspecified atom stereocenters. The van der Waals surface area contributed by atoms with Crippen LogP contribution in [0.5, 0.6) is 5.75 Å². The fraction of sp³-hybridized carbons (Fsp3) is 0.214. The summed E-state index contributed by atoms with van der Waals surface area (Å²) in [6.07, 6.45) is 5.96. The molecule has 5 rings (SSSR count). The van der Waals surface area contributed by atoms with Crippen molar-refractivity contribution in [2.24, 2.45) is 5.73 Å². The largest absolute Gasteiger partial charge is 0.488 e. The van der Waals surface area contributed by atoms with Crippen LogP contribution in [0, 0.1) is 5.82 Å². The van der Waals surface area contributed by atoms with E-state index in [0.29, 0.717) is 46.7 Å². The van der Waals surface area contributed by atoms with Gasteiger partial charge in [-0.1, -0.05) is 24.8 Å². The number of carbonyl (C=O) groups excluding carboxylic acids is 1. The minimum atomic E-state index is -0.549. The molecule has 37 heavy (non-hydrogen) atoms. The Morgan fingerprint density at radius 2 is 2.00 bits per heavy atom. The number of ether oxygens (including phenoxy) is 1. The van der Waals surface area contributed by atoms with E-state index in [1.807, 2.05) is 12.1 Å². The summed E-state index contributed by atoms with van der Waals surface area (Å²) in [5.74, 6) is -0.230. The Morgan fingerprint density at radius 3 is 2.76 bits per heavy atom. The van der Waals surface area contributed by atoms with Crippen LogP contribution >= 0.6 is 0 Å². The molecule has 0 bridgehead atoms. The van der Waals surface area contributed by atoms with Gasteiger partial charge in [0.2, 0.25) is 5.91 Å². The zero-order chi connectivity index (χ0) is 26.1. The van der Waals surface area contributed by atoms with Crippen molar-refractivity contribution < 1.29 is 13.9 Å². The van der Waals surface area contributed by atoms with Crippen molar-refractivity contribution in [3.8, 4) is 22.7 Å². The molecule has 2 aromatic carbocycles. The van der Waals surface area contributed by atoms with Crippen LogP contribution in [0.2, 0.25) is 0 Å². The molecule has 0 atom stereocenters. The first kappa shape index (κ1) is 24.2. The molecule has 1 amide bonds. The van der Waals surface area contributed by atoms with Gasteiger partial charge in [-0.2, -0.15) is 0 Å². The lowest BCUT2D eigenvalue weighted by molar-refractivity contribution is -0.114. The van der Waals surface area contributed by atoms with Crippen LogP contribution in [0.3, 0.4) is 0 Å². The van der Waals surface area contributed by atoms with Crippen LogP contribution in [0.4, 0.5) is 10.2 Å². The standard InChI is InChI=1S/C28H26FN5O3/c1-16(27(31)35)4-3-11-37-25-24(32-15-33-26(25)30)19-5-2-6-21(13-19)34-10-9-18-12-20(17-7-8-17)14-22(29)23(18)28(34)36/h2,5-6,9-10,12-15,17H,1,3-4,7-8,11H2,(H2,31,35)(H2,30,32,33). The third kappa shape index (κ3) is 4.93. The number of nitrogens with zero attached hydrogens (tertiary/aromatic N) is 3. The molecular formula is C28H26FN5O3. The summed E-state index contributed by atoms with van der Waals surface area (Å²) in [5.41, 5.74) is 13.7. The highest BCUT2D eigenvalue weighted by molar-refractivity contribution is 5.91. The predicted octanol–water partition coefficient (Wildman–Crippen LogP) is 4.25. The number of primary amides is 1. The maximum absolute atomic E-state index is 15.0. The van der Waals surface area contributed by atoms with E-state index >= 15 is 0 Å². The molecule has 0 spiro atoms. The second-order valence-electron chi connectivity index (χ2n) is 9.14. The Kier molecular flexibility index (Phi) is 6.43. The lowest BCUT2D eigenvalue weighted by Crippen LogP contribution is -2.18. The minimum Gasteiger partial charge on any atom is -0.488 e. The number of fused-ring (bicyclic) bond motifs is 1. The average Bonchev–Trinajstić information content (AvgIpc) is 3.73. The maximum atomic E-state index is 15.0. The maximum Gasteiger partial charge on any atom is 0.265 e. The predicted molar refractivity (Wildman–Crippen MR) is 140 cm³/mol. The summed E-state index contributed by atoms with van der Waals surface area (Å²) < 4.78 is 22.3. The molecule has 4 N–H and O–H groups in total. The van der Waals surface area contributed by atoms with Gasteiger partial charge in [0.15, 0.2) is 11.6 Å². The number of carbonyl (C=O) groups is 1. The highest BCUT2D eigenvalue weighted by Crippen LogP contribution is 2.41. The Labute approximate surface area is 212 Å². The van der Waals surface area contributed by atoms with Gasteiger partial charge in [-0.15, -0.1) is 0 Å². The van der Waals surface area contributed by atoms with Crippen molar-refractivity contribution in [1.82, 2.24) is 14.5 Å². The summed E-state index contributed by atoms with van der Waals surface area (Å²) in [5, 5.41) is 0.655. The molecule has 4 aromatic rings. The highest BCUT2D eigenvalue weighted by atomic mass is 19.1. The fourth-order valence-electron chi connectivity index (χ4n) is 4.33. The van der Waals surface area contributed by atoms with E-state index in [0.717, 1.165) is 18.4 Å². The van der Waals surface area contributed by atoms with Gasteiger partial charge in [0.05, 0.1) is 12.0 Å². The zero-order valence-corrected chi connectivity index (χ0v) is 20.1. The SMILES string of the molecule is C=C(CCCOc1c(N)ncnc1-c1cccc(-n2ccc3cc(C4CC4)cc(F)c3c2=O)c1)C(N)=O. The van der Waals surface area contributed by atoms with Crippen molar-refractivity contribution in [1.29, 1.82) is 0 Å². The number of pyridine rings is 1. The number of aromatic nitrogens is 3. The first-order chi connectivity index (χ1) is 17.8. The third-order valence-electron chi connectivity index (χ3n) is 6.47. The number of anilines is 1. The lowest BCUT2D eigenvalue weighted by atomic mass is 10.0. The van der Waals surface area contributed by atoms with E-state index in [1.165, 1.54) is 17.0 Å². The van der Waals surface area contributed by atoms with Crippen LogP contribution in [0.15, 0.2) is 71.9 Å². The molecule has 8 nitrogen and oxygen atoms in total. The summed E-state index contributed by atoms with van der Waals surface area (Å²) in [6.45, 7) is 3.87. The first-order valence-electron chi connectivity index (χ1n) is 12.0. The molecule has 0 aliphatic heterocycles. The fourth-order valence-corrected chi connectivity index (χ4v) is 4.33. The number of hydrogen-bond donors (Lipinski definition) is 2. The molecular weight excluding hydrogens is 473 g/mol. The molecule has 1 aliphatic rings.